The first-order valence-corrected chi connectivity index (χ1v) is 18.1. The maximum atomic E-state index is 14.6. The summed E-state index contributed by atoms with van der Waals surface area (Å²) in [5.41, 5.74) is 2.26. The Labute approximate surface area is 291 Å². The molecule has 4 rings (SSSR count). The van der Waals surface area contributed by atoms with Gasteiger partial charge >= 0.3 is 11.9 Å². The average molecular weight is 677 g/mol. The van der Waals surface area contributed by atoms with Gasteiger partial charge in [-0.15, -0.1) is 0 Å². The van der Waals surface area contributed by atoms with Gasteiger partial charge < -0.3 is 23.7 Å². The van der Waals surface area contributed by atoms with Crippen LogP contribution in [0.2, 0.25) is 0 Å². The molecule has 0 amide bonds. The van der Waals surface area contributed by atoms with Crippen LogP contribution in [0.15, 0.2) is 66.7 Å². The fourth-order valence-electron chi connectivity index (χ4n) is 5.40. The number of esters is 2. The summed E-state index contributed by atoms with van der Waals surface area (Å²) < 4.78 is 42.2. The number of ether oxygens (including phenoxy) is 5. The highest BCUT2D eigenvalue weighted by molar-refractivity contribution is 5.92. The second-order valence-corrected chi connectivity index (χ2v) is 13.2. The van der Waals surface area contributed by atoms with Gasteiger partial charge in [-0.2, -0.15) is 0 Å². The molecule has 266 valence electrons. The van der Waals surface area contributed by atoms with Crippen molar-refractivity contribution in [1.29, 1.82) is 0 Å². The lowest BCUT2D eigenvalue weighted by atomic mass is 10.0. The van der Waals surface area contributed by atoms with Crippen LogP contribution in [0.25, 0.3) is 11.1 Å². The lowest BCUT2D eigenvalue weighted by molar-refractivity contribution is -0.139. The molecule has 3 aromatic rings. The van der Waals surface area contributed by atoms with Crippen LogP contribution in [0.1, 0.15) is 106 Å². The van der Waals surface area contributed by atoms with E-state index in [1.54, 1.807) is 12.1 Å². The molecule has 0 bridgehead atoms. The number of carbonyl (C=O) groups excluding carboxylic acids is 2. The predicted molar refractivity (Wildman–Crippen MR) is 190 cm³/mol. The number of carbonyl (C=O) groups is 2. The monoisotopic (exact) mass is 676 g/mol. The van der Waals surface area contributed by atoms with Gasteiger partial charge in [0.1, 0.15) is 5.75 Å². The third kappa shape index (κ3) is 12.9. The van der Waals surface area contributed by atoms with E-state index in [9.17, 15) is 14.0 Å². The van der Waals surface area contributed by atoms with Crippen molar-refractivity contribution >= 4 is 11.9 Å². The predicted octanol–water partition coefficient (Wildman–Crippen LogP) is 9.86. The van der Waals surface area contributed by atoms with Crippen molar-refractivity contribution in [2.75, 3.05) is 33.0 Å². The number of rotatable bonds is 22. The van der Waals surface area contributed by atoms with Gasteiger partial charge in [-0.05, 0) is 72.4 Å². The smallest absolute Gasteiger partial charge is 0.343 e. The maximum Gasteiger partial charge on any atom is 0.343 e. The molecule has 0 spiro atoms. The van der Waals surface area contributed by atoms with Crippen molar-refractivity contribution in [2.45, 2.75) is 91.1 Å². The molecule has 1 aliphatic rings. The van der Waals surface area contributed by atoms with E-state index < -0.39 is 17.8 Å². The largest absolute Gasteiger partial charge is 0.494 e. The van der Waals surface area contributed by atoms with Gasteiger partial charge in [-0.3, -0.25) is 0 Å². The SMILES string of the molecule is CCC(C)COC(=O)c1ccc(OC(=O)c2ccc(-c3ccc(OCCCCCCCCCCCOC[C@@H]4OCC4C)cc3)cc2)c(F)c1. The molecule has 0 radical (unpaired) electrons. The molecule has 0 N–H and O–H groups in total. The van der Waals surface area contributed by atoms with E-state index in [0.29, 0.717) is 18.6 Å². The highest BCUT2D eigenvalue weighted by atomic mass is 19.1. The first kappa shape index (κ1) is 38.1. The summed E-state index contributed by atoms with van der Waals surface area (Å²) in [7, 11) is 0. The highest BCUT2D eigenvalue weighted by Gasteiger charge is 2.27. The Hall–Kier alpha value is -3.75. The molecule has 0 aliphatic carbocycles. The van der Waals surface area contributed by atoms with Crippen molar-refractivity contribution in [3.8, 4) is 22.6 Å². The molecule has 0 aromatic heterocycles. The fraction of sp³-hybridized carbons (Fsp3) is 0.512. The number of hydrogen-bond donors (Lipinski definition) is 0. The lowest BCUT2D eigenvalue weighted by Crippen LogP contribution is -2.41. The molecular formula is C41H53FO7. The van der Waals surface area contributed by atoms with Crippen molar-refractivity contribution in [3.05, 3.63) is 83.7 Å². The maximum absolute atomic E-state index is 14.6. The molecule has 49 heavy (non-hydrogen) atoms. The third-order valence-electron chi connectivity index (χ3n) is 9.07. The van der Waals surface area contributed by atoms with Crippen molar-refractivity contribution in [3.63, 3.8) is 0 Å². The summed E-state index contributed by atoms with van der Waals surface area (Å²) in [6, 6.07) is 18.5. The van der Waals surface area contributed by atoms with E-state index in [1.807, 2.05) is 50.2 Å². The van der Waals surface area contributed by atoms with Gasteiger partial charge in [0.25, 0.3) is 0 Å². The Morgan fingerprint density at radius 3 is 1.96 bits per heavy atom. The molecule has 3 aromatic carbocycles. The molecule has 0 saturated carbocycles. The van der Waals surface area contributed by atoms with Crippen LogP contribution in [0.5, 0.6) is 11.5 Å². The Balaban J connectivity index is 1.07. The summed E-state index contributed by atoms with van der Waals surface area (Å²) >= 11 is 0. The third-order valence-corrected chi connectivity index (χ3v) is 9.07. The van der Waals surface area contributed by atoms with Gasteiger partial charge in [-0.1, -0.05) is 96.4 Å². The second kappa shape index (κ2) is 20.7. The molecule has 1 heterocycles. The summed E-state index contributed by atoms with van der Waals surface area (Å²) in [6.07, 6.45) is 12.2. The van der Waals surface area contributed by atoms with Crippen LogP contribution in [0.3, 0.4) is 0 Å². The molecule has 1 fully saturated rings. The van der Waals surface area contributed by atoms with Gasteiger partial charge in [0, 0.05) is 12.5 Å². The molecule has 1 aliphatic heterocycles. The zero-order valence-electron chi connectivity index (χ0n) is 29.4. The highest BCUT2D eigenvalue weighted by Crippen LogP contribution is 2.25. The summed E-state index contributed by atoms with van der Waals surface area (Å²) in [5.74, 6) is -0.674. The lowest BCUT2D eigenvalue weighted by Gasteiger charge is -2.33. The molecule has 7 nitrogen and oxygen atoms in total. The van der Waals surface area contributed by atoms with Crippen molar-refractivity contribution < 1.29 is 37.7 Å². The first-order valence-electron chi connectivity index (χ1n) is 18.1. The number of halogens is 1. The van der Waals surface area contributed by atoms with Crippen LogP contribution < -0.4 is 9.47 Å². The summed E-state index contributed by atoms with van der Waals surface area (Å²) in [5, 5.41) is 0. The van der Waals surface area contributed by atoms with Crippen LogP contribution in [-0.2, 0) is 14.2 Å². The van der Waals surface area contributed by atoms with E-state index in [-0.39, 0.29) is 29.4 Å². The zero-order chi connectivity index (χ0) is 34.8. The molecule has 8 heteroatoms. The quantitative estimate of drug-likeness (QED) is 0.0595. The Bertz CT molecular complexity index is 1420. The zero-order valence-corrected chi connectivity index (χ0v) is 29.4. The van der Waals surface area contributed by atoms with E-state index in [2.05, 4.69) is 6.92 Å². The van der Waals surface area contributed by atoms with Gasteiger partial charge in [-0.25, -0.2) is 14.0 Å². The van der Waals surface area contributed by atoms with E-state index in [0.717, 1.165) is 62.0 Å². The fourth-order valence-corrected chi connectivity index (χ4v) is 5.40. The summed E-state index contributed by atoms with van der Waals surface area (Å²) in [4.78, 5) is 24.9. The first-order chi connectivity index (χ1) is 23.8. The Morgan fingerprint density at radius 2 is 1.39 bits per heavy atom. The minimum absolute atomic E-state index is 0.0663. The minimum Gasteiger partial charge on any atom is -0.494 e. The number of benzene rings is 3. The Morgan fingerprint density at radius 1 is 0.796 bits per heavy atom. The standard InChI is InChI=1S/C41H53FO7/c1-4-30(2)27-48-40(43)35-20-23-38(37(42)26-35)49-41(44)34-16-14-32(15-17-34)33-18-21-36(22-19-33)46-25-13-11-9-7-5-6-8-10-12-24-45-29-39-31(3)28-47-39/h14-23,26,30-31,39H,4-13,24-25,27-29H2,1-3H3/t30?,31?,39-/m0/s1. The number of hydrogen-bond acceptors (Lipinski definition) is 7. The topological polar surface area (TPSA) is 80.3 Å². The number of unbranched alkanes of at least 4 members (excludes halogenated alkanes) is 8. The van der Waals surface area contributed by atoms with Crippen molar-refractivity contribution in [1.82, 2.24) is 0 Å². The molecule has 3 atom stereocenters. The molecular weight excluding hydrogens is 623 g/mol. The Kier molecular flexibility index (Phi) is 16.1. The van der Waals surface area contributed by atoms with E-state index in [1.165, 1.54) is 57.1 Å². The second-order valence-electron chi connectivity index (χ2n) is 13.2. The van der Waals surface area contributed by atoms with Crippen molar-refractivity contribution in [2.24, 2.45) is 11.8 Å². The summed E-state index contributed by atoms with van der Waals surface area (Å²) in [6.45, 7) is 9.62. The van der Waals surface area contributed by atoms with Crippen LogP contribution in [0, 0.1) is 17.7 Å². The molecule has 2 unspecified atom stereocenters. The van der Waals surface area contributed by atoms with Crippen LogP contribution in [-0.4, -0.2) is 51.1 Å². The van der Waals surface area contributed by atoms with Gasteiger partial charge in [0.05, 0.1) is 43.7 Å². The van der Waals surface area contributed by atoms with Gasteiger partial charge in [0.2, 0.25) is 0 Å². The van der Waals surface area contributed by atoms with Crippen LogP contribution >= 0.6 is 0 Å². The van der Waals surface area contributed by atoms with Crippen LogP contribution in [0.4, 0.5) is 4.39 Å². The normalized spacial score (nSPS) is 16.1. The average Bonchev–Trinajstić information content (AvgIpc) is 3.12. The van der Waals surface area contributed by atoms with E-state index in [4.69, 9.17) is 23.7 Å². The minimum atomic E-state index is -0.811. The van der Waals surface area contributed by atoms with Gasteiger partial charge in [0.15, 0.2) is 11.6 Å². The van der Waals surface area contributed by atoms with E-state index >= 15 is 0 Å². The molecule has 1 saturated heterocycles.